The highest BCUT2D eigenvalue weighted by atomic mass is 32.2. The number of hydrogen-bond donors (Lipinski definition) is 1. The van der Waals surface area contributed by atoms with Gasteiger partial charge in [-0.3, -0.25) is 0 Å². The van der Waals surface area contributed by atoms with Crippen LogP contribution in [0.5, 0.6) is 5.75 Å². The van der Waals surface area contributed by atoms with E-state index in [1.807, 2.05) is 6.92 Å². The van der Waals surface area contributed by atoms with E-state index in [0.29, 0.717) is 17.2 Å². The SMILES string of the molecule is Cc1ccc(C2CNc3cc(S(C)(=O)=O)ccc3O2)cc1. The molecule has 0 aliphatic carbocycles. The molecule has 110 valence electrons. The van der Waals surface area contributed by atoms with Gasteiger partial charge in [-0.15, -0.1) is 0 Å². The van der Waals surface area contributed by atoms with Gasteiger partial charge in [0.1, 0.15) is 11.9 Å². The smallest absolute Gasteiger partial charge is 0.175 e. The largest absolute Gasteiger partial charge is 0.482 e. The van der Waals surface area contributed by atoms with Gasteiger partial charge in [-0.05, 0) is 30.7 Å². The lowest BCUT2D eigenvalue weighted by Gasteiger charge is -2.28. The predicted octanol–water partition coefficient (Wildman–Crippen LogP) is 2.94. The van der Waals surface area contributed by atoms with Crippen LogP contribution in [0.25, 0.3) is 0 Å². The molecule has 0 fully saturated rings. The minimum absolute atomic E-state index is 0.0674. The van der Waals surface area contributed by atoms with Crippen molar-refractivity contribution < 1.29 is 13.2 Å². The molecule has 0 saturated carbocycles. The third-order valence-corrected chi connectivity index (χ3v) is 4.69. The standard InChI is InChI=1S/C16H17NO3S/c1-11-3-5-12(6-4-11)16-10-17-14-9-13(21(2,18)19)7-8-15(14)20-16/h3-9,16-17H,10H2,1-2H3. The van der Waals surface area contributed by atoms with Gasteiger partial charge in [-0.2, -0.15) is 0 Å². The van der Waals surface area contributed by atoms with Crippen LogP contribution in [0.2, 0.25) is 0 Å². The van der Waals surface area contributed by atoms with Crippen LogP contribution in [0.15, 0.2) is 47.4 Å². The van der Waals surface area contributed by atoms with Crippen molar-refractivity contribution in [2.45, 2.75) is 17.9 Å². The number of aryl methyl sites for hydroxylation is 1. The lowest BCUT2D eigenvalue weighted by molar-refractivity contribution is 0.210. The fourth-order valence-corrected chi connectivity index (χ4v) is 2.99. The summed E-state index contributed by atoms with van der Waals surface area (Å²) in [6.45, 7) is 2.66. The van der Waals surface area contributed by atoms with E-state index in [1.165, 1.54) is 11.8 Å². The van der Waals surface area contributed by atoms with Crippen molar-refractivity contribution in [3.05, 3.63) is 53.6 Å². The Morgan fingerprint density at radius 2 is 1.86 bits per heavy atom. The van der Waals surface area contributed by atoms with Gasteiger partial charge in [0.05, 0.1) is 17.1 Å². The van der Waals surface area contributed by atoms with Gasteiger partial charge in [-0.1, -0.05) is 29.8 Å². The van der Waals surface area contributed by atoms with Crippen molar-refractivity contribution in [2.24, 2.45) is 0 Å². The second kappa shape index (κ2) is 5.07. The lowest BCUT2D eigenvalue weighted by Crippen LogP contribution is -2.23. The van der Waals surface area contributed by atoms with Gasteiger partial charge in [0.15, 0.2) is 9.84 Å². The van der Waals surface area contributed by atoms with E-state index in [-0.39, 0.29) is 6.10 Å². The van der Waals surface area contributed by atoms with E-state index in [0.717, 1.165) is 11.3 Å². The van der Waals surface area contributed by atoms with Crippen LogP contribution in [-0.4, -0.2) is 21.2 Å². The molecule has 0 aromatic heterocycles. The predicted molar refractivity (Wildman–Crippen MR) is 82.6 cm³/mol. The Bertz CT molecular complexity index is 767. The highest BCUT2D eigenvalue weighted by Gasteiger charge is 2.22. The van der Waals surface area contributed by atoms with Crippen LogP contribution in [0.1, 0.15) is 17.2 Å². The molecule has 1 N–H and O–H groups in total. The first-order chi connectivity index (χ1) is 9.93. The molecule has 4 nitrogen and oxygen atoms in total. The molecule has 0 bridgehead atoms. The second-order valence-electron chi connectivity index (χ2n) is 5.33. The van der Waals surface area contributed by atoms with Crippen LogP contribution in [0.3, 0.4) is 0 Å². The van der Waals surface area contributed by atoms with Crippen molar-refractivity contribution in [3.8, 4) is 5.75 Å². The van der Waals surface area contributed by atoms with Crippen molar-refractivity contribution in [1.82, 2.24) is 0 Å². The number of rotatable bonds is 2. The van der Waals surface area contributed by atoms with E-state index in [2.05, 4.69) is 29.6 Å². The first kappa shape index (κ1) is 13.9. The molecule has 21 heavy (non-hydrogen) atoms. The summed E-state index contributed by atoms with van der Waals surface area (Å²) in [4.78, 5) is 0.297. The summed E-state index contributed by atoms with van der Waals surface area (Å²) < 4.78 is 29.1. The van der Waals surface area contributed by atoms with Gasteiger partial charge in [0.25, 0.3) is 0 Å². The summed E-state index contributed by atoms with van der Waals surface area (Å²) in [5.41, 5.74) is 3.04. The number of anilines is 1. The Labute approximate surface area is 124 Å². The zero-order valence-corrected chi connectivity index (χ0v) is 12.8. The number of fused-ring (bicyclic) bond motifs is 1. The number of ether oxygens (including phenoxy) is 1. The van der Waals surface area contributed by atoms with Gasteiger partial charge in [0, 0.05) is 6.26 Å². The third-order valence-electron chi connectivity index (χ3n) is 3.58. The van der Waals surface area contributed by atoms with Crippen LogP contribution >= 0.6 is 0 Å². The lowest BCUT2D eigenvalue weighted by atomic mass is 10.1. The van der Waals surface area contributed by atoms with Crippen LogP contribution in [0.4, 0.5) is 5.69 Å². The van der Waals surface area contributed by atoms with Crippen molar-refractivity contribution >= 4 is 15.5 Å². The Kier molecular flexibility index (Phi) is 3.37. The van der Waals surface area contributed by atoms with E-state index < -0.39 is 9.84 Å². The molecule has 0 radical (unpaired) electrons. The molecule has 1 heterocycles. The molecule has 2 aromatic carbocycles. The highest BCUT2D eigenvalue weighted by Crippen LogP contribution is 2.35. The summed E-state index contributed by atoms with van der Waals surface area (Å²) >= 11 is 0. The molecule has 1 aliphatic rings. The Balaban J connectivity index is 1.88. The zero-order chi connectivity index (χ0) is 15.0. The fraction of sp³-hybridized carbons (Fsp3) is 0.250. The molecule has 5 heteroatoms. The molecule has 2 aromatic rings. The average molecular weight is 303 g/mol. The Morgan fingerprint density at radius 3 is 2.52 bits per heavy atom. The normalized spacial score (nSPS) is 17.5. The maximum Gasteiger partial charge on any atom is 0.175 e. The molecule has 1 atom stereocenters. The summed E-state index contributed by atoms with van der Waals surface area (Å²) in [7, 11) is -3.20. The van der Waals surface area contributed by atoms with E-state index in [4.69, 9.17) is 4.74 Å². The van der Waals surface area contributed by atoms with E-state index in [9.17, 15) is 8.42 Å². The molecule has 0 spiro atoms. The summed E-state index contributed by atoms with van der Waals surface area (Å²) in [5, 5.41) is 3.25. The summed E-state index contributed by atoms with van der Waals surface area (Å²) in [6.07, 6.45) is 1.13. The maximum absolute atomic E-state index is 11.6. The third kappa shape index (κ3) is 2.88. The van der Waals surface area contributed by atoms with E-state index >= 15 is 0 Å². The van der Waals surface area contributed by atoms with Crippen LogP contribution < -0.4 is 10.1 Å². The van der Waals surface area contributed by atoms with E-state index in [1.54, 1.807) is 18.2 Å². The highest BCUT2D eigenvalue weighted by molar-refractivity contribution is 7.90. The minimum Gasteiger partial charge on any atom is -0.482 e. The van der Waals surface area contributed by atoms with Crippen molar-refractivity contribution in [2.75, 3.05) is 18.1 Å². The Hall–Kier alpha value is -2.01. The Morgan fingerprint density at radius 1 is 1.14 bits per heavy atom. The molecule has 1 aliphatic heterocycles. The quantitative estimate of drug-likeness (QED) is 0.927. The molecule has 3 rings (SSSR count). The second-order valence-corrected chi connectivity index (χ2v) is 7.34. The van der Waals surface area contributed by atoms with Gasteiger partial charge in [0.2, 0.25) is 0 Å². The van der Waals surface area contributed by atoms with Crippen molar-refractivity contribution in [3.63, 3.8) is 0 Å². The van der Waals surface area contributed by atoms with Gasteiger partial charge >= 0.3 is 0 Å². The van der Waals surface area contributed by atoms with Crippen molar-refractivity contribution in [1.29, 1.82) is 0 Å². The number of nitrogens with one attached hydrogen (secondary N) is 1. The van der Waals surface area contributed by atoms with Gasteiger partial charge in [-0.25, -0.2) is 8.42 Å². The zero-order valence-electron chi connectivity index (χ0n) is 12.0. The summed E-state index contributed by atoms with van der Waals surface area (Å²) in [6, 6.07) is 13.1. The summed E-state index contributed by atoms with van der Waals surface area (Å²) in [5.74, 6) is 0.680. The minimum atomic E-state index is -3.20. The average Bonchev–Trinajstić information content (AvgIpc) is 2.46. The number of hydrogen-bond acceptors (Lipinski definition) is 4. The van der Waals surface area contributed by atoms with Gasteiger partial charge < -0.3 is 10.1 Å². The molecular weight excluding hydrogens is 286 g/mol. The van der Waals surface area contributed by atoms with Crippen LogP contribution in [-0.2, 0) is 9.84 Å². The first-order valence-corrected chi connectivity index (χ1v) is 8.64. The molecular formula is C16H17NO3S. The number of sulfone groups is 1. The maximum atomic E-state index is 11.6. The fourth-order valence-electron chi connectivity index (χ4n) is 2.35. The number of benzene rings is 2. The molecule has 0 saturated heterocycles. The monoisotopic (exact) mass is 303 g/mol. The molecule has 0 amide bonds. The first-order valence-electron chi connectivity index (χ1n) is 6.75. The molecule has 1 unspecified atom stereocenters. The van der Waals surface area contributed by atoms with Crippen LogP contribution in [0, 0.1) is 6.92 Å². The topological polar surface area (TPSA) is 55.4 Å².